The van der Waals surface area contributed by atoms with Crippen LogP contribution in [-0.4, -0.2) is 59.7 Å². The van der Waals surface area contributed by atoms with Crippen LogP contribution in [0.4, 0.5) is 21.7 Å². The van der Waals surface area contributed by atoms with E-state index in [4.69, 9.17) is 20.9 Å². The maximum atomic E-state index is 14.8. The highest BCUT2D eigenvalue weighted by Gasteiger charge is 2.21. The van der Waals surface area contributed by atoms with E-state index < -0.39 is 11.7 Å². The second kappa shape index (κ2) is 11.0. The van der Waals surface area contributed by atoms with Crippen LogP contribution in [0.3, 0.4) is 0 Å². The molecule has 2 aromatic heterocycles. The first-order valence-electron chi connectivity index (χ1n) is 10.7. The number of hydrogen-bond acceptors (Lipinski definition) is 8. The van der Waals surface area contributed by atoms with Gasteiger partial charge in [-0.25, -0.2) is 9.37 Å². The number of amides is 1. The molecule has 2 atom stereocenters. The number of nitrogens with zero attached hydrogens (tertiary/aromatic N) is 3. The number of hydrogen-bond donors (Lipinski definition) is 4. The van der Waals surface area contributed by atoms with Gasteiger partial charge in [-0.1, -0.05) is 6.07 Å². The van der Waals surface area contributed by atoms with E-state index in [1.165, 1.54) is 0 Å². The molecule has 178 valence electrons. The molecule has 3 aromatic rings. The summed E-state index contributed by atoms with van der Waals surface area (Å²) in [7, 11) is 1.63. The maximum absolute atomic E-state index is 14.8. The zero-order valence-electron chi connectivity index (χ0n) is 19.0. The lowest BCUT2D eigenvalue weighted by atomic mass is 10.1. The Morgan fingerprint density at radius 2 is 2.12 bits per heavy atom. The molecule has 0 aliphatic rings. The number of anilines is 3. The number of nitrogens with two attached hydrogens (primary N) is 2. The molecule has 0 saturated heterocycles. The van der Waals surface area contributed by atoms with Crippen LogP contribution in [0.25, 0.3) is 10.9 Å². The first-order chi connectivity index (χ1) is 15.8. The maximum Gasteiger partial charge on any atom is 0.252 e. The number of fused-ring (bicyclic) bond motifs is 1. The van der Waals surface area contributed by atoms with E-state index in [0.29, 0.717) is 25.4 Å². The van der Waals surface area contributed by atoms with Crippen molar-refractivity contribution >= 4 is 34.1 Å². The summed E-state index contributed by atoms with van der Waals surface area (Å²) >= 11 is 0. The van der Waals surface area contributed by atoms with Gasteiger partial charge in [0.05, 0.1) is 48.8 Å². The highest BCUT2D eigenvalue weighted by molar-refractivity contribution is 6.00. The van der Waals surface area contributed by atoms with Gasteiger partial charge in [0.2, 0.25) is 0 Å². The number of benzene rings is 1. The van der Waals surface area contributed by atoms with E-state index in [1.807, 2.05) is 29.8 Å². The Balaban J connectivity index is 1.97. The van der Waals surface area contributed by atoms with Gasteiger partial charge < -0.3 is 31.6 Å². The lowest BCUT2D eigenvalue weighted by Crippen LogP contribution is -2.42. The minimum atomic E-state index is -0.809. The zero-order chi connectivity index (χ0) is 24.0. The second-order valence-electron chi connectivity index (χ2n) is 7.57. The lowest BCUT2D eigenvalue weighted by molar-refractivity contribution is 0.100. The van der Waals surface area contributed by atoms with Crippen LogP contribution in [0.2, 0.25) is 0 Å². The van der Waals surface area contributed by atoms with Crippen LogP contribution < -0.4 is 22.1 Å². The molecule has 0 unspecified atom stereocenters. The van der Waals surface area contributed by atoms with E-state index in [9.17, 15) is 9.18 Å². The number of primary amides is 1. The zero-order valence-corrected chi connectivity index (χ0v) is 19.0. The molecule has 1 amide bonds. The molecular formula is C22H30FN7O3. The minimum absolute atomic E-state index is 0.0625. The predicted octanol–water partition coefficient (Wildman–Crippen LogP) is 2.22. The van der Waals surface area contributed by atoms with Gasteiger partial charge in [-0.15, -0.1) is 0 Å². The number of methoxy groups -OCH3 is 1. The monoisotopic (exact) mass is 459 g/mol. The van der Waals surface area contributed by atoms with Gasteiger partial charge in [-0.3, -0.25) is 9.48 Å². The second-order valence-corrected chi connectivity index (χ2v) is 7.57. The van der Waals surface area contributed by atoms with Crippen LogP contribution in [0.15, 0.2) is 30.5 Å². The fourth-order valence-electron chi connectivity index (χ4n) is 3.31. The largest absolute Gasteiger partial charge is 0.383 e. The Morgan fingerprint density at radius 1 is 1.33 bits per heavy atom. The molecular weight excluding hydrogens is 429 g/mol. The molecule has 0 spiro atoms. The van der Waals surface area contributed by atoms with Crippen molar-refractivity contribution in [2.45, 2.75) is 32.5 Å². The first kappa shape index (κ1) is 24.4. The molecule has 1 aromatic carbocycles. The molecule has 0 fully saturated rings. The minimum Gasteiger partial charge on any atom is -0.383 e. The number of rotatable bonds is 12. The van der Waals surface area contributed by atoms with Crippen molar-refractivity contribution in [3.8, 4) is 0 Å². The molecule has 6 N–H and O–H groups in total. The summed E-state index contributed by atoms with van der Waals surface area (Å²) in [6.07, 6.45) is 1.70. The van der Waals surface area contributed by atoms with Crippen molar-refractivity contribution < 1.29 is 18.7 Å². The number of aromatic nitrogens is 3. The Kier molecular flexibility index (Phi) is 8.15. The van der Waals surface area contributed by atoms with Gasteiger partial charge in [-0.2, -0.15) is 5.10 Å². The van der Waals surface area contributed by atoms with Crippen molar-refractivity contribution in [3.05, 3.63) is 41.8 Å². The number of carbonyl (C=O) groups is 1. The van der Waals surface area contributed by atoms with E-state index in [-0.39, 0.29) is 35.9 Å². The van der Waals surface area contributed by atoms with Crippen molar-refractivity contribution in [2.75, 3.05) is 37.6 Å². The van der Waals surface area contributed by atoms with Crippen LogP contribution >= 0.6 is 0 Å². The number of halogens is 1. The predicted molar refractivity (Wildman–Crippen MR) is 125 cm³/mol. The number of ether oxygens (including phenoxy) is 2. The third-order valence-electron chi connectivity index (χ3n) is 5.15. The molecule has 0 aliphatic heterocycles. The fourth-order valence-corrected chi connectivity index (χ4v) is 3.31. The molecule has 0 saturated carbocycles. The van der Waals surface area contributed by atoms with Crippen molar-refractivity contribution in [1.82, 2.24) is 14.8 Å². The highest BCUT2D eigenvalue weighted by atomic mass is 19.1. The van der Waals surface area contributed by atoms with Crippen LogP contribution in [0.1, 0.15) is 24.2 Å². The van der Waals surface area contributed by atoms with E-state index in [1.54, 1.807) is 20.2 Å². The summed E-state index contributed by atoms with van der Waals surface area (Å²) in [4.78, 5) is 16.3. The van der Waals surface area contributed by atoms with Gasteiger partial charge in [0.15, 0.2) is 11.6 Å². The van der Waals surface area contributed by atoms with Crippen LogP contribution in [-0.2, 0) is 16.0 Å². The molecule has 11 heteroatoms. The van der Waals surface area contributed by atoms with Crippen molar-refractivity contribution in [2.24, 2.45) is 11.5 Å². The van der Waals surface area contributed by atoms with Gasteiger partial charge in [0, 0.05) is 25.1 Å². The highest BCUT2D eigenvalue weighted by Crippen LogP contribution is 2.29. The average Bonchev–Trinajstić information content (AvgIpc) is 3.20. The van der Waals surface area contributed by atoms with E-state index in [0.717, 1.165) is 17.0 Å². The Bertz CT molecular complexity index is 1100. The van der Waals surface area contributed by atoms with E-state index in [2.05, 4.69) is 20.7 Å². The summed E-state index contributed by atoms with van der Waals surface area (Å²) in [6.45, 7) is 5.51. The SMILES string of the molecule is CCOC[C@@H](Nc1nc(Nc2cccc3c2cnn3CCOC)c(C(N)=O)cc1F)[C@H](C)N. The first-order valence-corrected chi connectivity index (χ1v) is 10.7. The molecule has 10 nitrogen and oxygen atoms in total. The third-order valence-corrected chi connectivity index (χ3v) is 5.15. The smallest absolute Gasteiger partial charge is 0.252 e. The summed E-state index contributed by atoms with van der Waals surface area (Å²) < 4.78 is 27.2. The molecule has 33 heavy (non-hydrogen) atoms. The van der Waals surface area contributed by atoms with Crippen LogP contribution in [0.5, 0.6) is 0 Å². The number of nitrogens with one attached hydrogen (secondary N) is 2. The molecule has 0 bridgehead atoms. The summed E-state index contributed by atoms with van der Waals surface area (Å²) in [5, 5.41) is 11.3. The summed E-state index contributed by atoms with van der Waals surface area (Å²) in [5.74, 6) is -1.48. The number of pyridine rings is 1. The van der Waals surface area contributed by atoms with E-state index >= 15 is 0 Å². The summed E-state index contributed by atoms with van der Waals surface area (Å²) in [5.41, 5.74) is 12.9. The van der Waals surface area contributed by atoms with Gasteiger partial charge in [0.1, 0.15) is 5.82 Å². The average molecular weight is 460 g/mol. The summed E-state index contributed by atoms with van der Waals surface area (Å²) in [6, 6.07) is 5.91. The van der Waals surface area contributed by atoms with Crippen LogP contribution in [0, 0.1) is 5.82 Å². The fraction of sp³-hybridized carbons (Fsp3) is 0.409. The Morgan fingerprint density at radius 3 is 2.79 bits per heavy atom. The van der Waals surface area contributed by atoms with Gasteiger partial charge >= 0.3 is 0 Å². The Hall–Kier alpha value is -3.28. The molecule has 3 rings (SSSR count). The topological polar surface area (TPSA) is 142 Å². The normalized spacial score (nSPS) is 13.1. The standard InChI is InChI=1S/C22H30FN7O3/c1-4-33-12-18(13(2)24)28-22-16(23)10-14(20(25)31)21(29-22)27-17-6-5-7-19-15(17)11-26-30(19)8-9-32-3/h5-7,10-11,13,18H,4,8-9,12,24H2,1-3H3,(H2,25,31)(H2,27,28,29)/t13-,18+/m0/s1. The van der Waals surface area contributed by atoms with Gasteiger partial charge in [0.25, 0.3) is 5.91 Å². The molecule has 2 heterocycles. The molecule has 0 aliphatic carbocycles. The van der Waals surface area contributed by atoms with Crippen molar-refractivity contribution in [1.29, 1.82) is 0 Å². The lowest BCUT2D eigenvalue weighted by Gasteiger charge is -2.23. The third kappa shape index (κ3) is 5.75. The Labute approximate surface area is 191 Å². The van der Waals surface area contributed by atoms with Crippen molar-refractivity contribution in [3.63, 3.8) is 0 Å². The quantitative estimate of drug-likeness (QED) is 0.323. The number of carbonyl (C=O) groups excluding carboxylic acids is 1. The van der Waals surface area contributed by atoms with Gasteiger partial charge in [-0.05, 0) is 32.0 Å². The molecule has 0 radical (unpaired) electrons.